The van der Waals surface area contributed by atoms with E-state index in [9.17, 15) is 14.0 Å². The van der Waals surface area contributed by atoms with E-state index in [0.29, 0.717) is 5.69 Å². The number of carbonyl (C=O) groups excluding carboxylic acids is 2. The normalized spacial score (nSPS) is 11.0. The molecule has 2 amide bonds. The van der Waals surface area contributed by atoms with Crippen LogP contribution in [0, 0.1) is 5.82 Å². The summed E-state index contributed by atoms with van der Waals surface area (Å²) in [4.78, 5) is 23.5. The highest BCUT2D eigenvalue weighted by Crippen LogP contribution is 2.22. The largest absolute Gasteiger partial charge is 0.321 e. The molecular formula is C17H19FN4O2. The van der Waals surface area contributed by atoms with Crippen LogP contribution in [0.1, 0.15) is 37.0 Å². The van der Waals surface area contributed by atoms with Crippen molar-refractivity contribution in [3.8, 4) is 0 Å². The van der Waals surface area contributed by atoms with Gasteiger partial charge in [-0.3, -0.25) is 14.7 Å². The zero-order valence-corrected chi connectivity index (χ0v) is 13.7. The molecule has 6 nitrogen and oxygen atoms in total. The summed E-state index contributed by atoms with van der Waals surface area (Å²) in [5, 5.41) is 11.8. The number of aromatic amines is 1. The van der Waals surface area contributed by atoms with Gasteiger partial charge in [0.25, 0.3) is 5.91 Å². The Bertz CT molecular complexity index is 790. The average Bonchev–Trinajstić information content (AvgIpc) is 3.00. The van der Waals surface area contributed by atoms with Crippen LogP contribution in [0.4, 0.5) is 15.8 Å². The van der Waals surface area contributed by atoms with E-state index in [1.165, 1.54) is 12.1 Å². The summed E-state index contributed by atoms with van der Waals surface area (Å²) in [6.45, 7) is 9.29. The zero-order chi connectivity index (χ0) is 17.9. The van der Waals surface area contributed by atoms with Crippen LogP contribution >= 0.6 is 0 Å². The van der Waals surface area contributed by atoms with Crippen LogP contribution in [0.3, 0.4) is 0 Å². The van der Waals surface area contributed by atoms with E-state index in [0.717, 1.165) is 17.8 Å². The van der Waals surface area contributed by atoms with Gasteiger partial charge >= 0.3 is 0 Å². The quantitative estimate of drug-likeness (QED) is 0.752. The number of aromatic nitrogens is 2. The third-order valence-electron chi connectivity index (χ3n) is 3.29. The van der Waals surface area contributed by atoms with Crippen molar-refractivity contribution in [3.63, 3.8) is 0 Å². The molecule has 0 aliphatic rings. The predicted molar refractivity (Wildman–Crippen MR) is 90.5 cm³/mol. The van der Waals surface area contributed by atoms with E-state index < -0.39 is 17.6 Å². The van der Waals surface area contributed by atoms with Gasteiger partial charge in [-0.15, -0.1) is 0 Å². The number of carbonyl (C=O) groups is 2. The first-order chi connectivity index (χ1) is 11.2. The molecule has 1 aromatic heterocycles. The maximum atomic E-state index is 13.7. The number of hydrogen-bond donors (Lipinski definition) is 3. The minimum absolute atomic E-state index is 0.0462. The fourth-order valence-corrected chi connectivity index (χ4v) is 1.90. The van der Waals surface area contributed by atoms with Crippen molar-refractivity contribution >= 4 is 23.2 Å². The summed E-state index contributed by atoms with van der Waals surface area (Å²) in [6, 6.07) is 5.54. The summed E-state index contributed by atoms with van der Waals surface area (Å²) in [5.74, 6) is -1.59. The first-order valence-corrected chi connectivity index (χ1v) is 7.31. The molecule has 0 bridgehead atoms. The van der Waals surface area contributed by atoms with Crippen LogP contribution in [0.2, 0.25) is 0 Å². The Balaban J connectivity index is 2.17. The zero-order valence-electron chi connectivity index (χ0n) is 13.7. The van der Waals surface area contributed by atoms with Gasteiger partial charge in [-0.1, -0.05) is 27.4 Å². The van der Waals surface area contributed by atoms with Crippen LogP contribution in [0.5, 0.6) is 0 Å². The SMILES string of the molecule is C=CC(=O)Nc1cc(NC(=O)c2cc(C(C)(C)C)[nH]n2)ccc1F. The highest BCUT2D eigenvalue weighted by molar-refractivity contribution is 6.04. The second-order valence-corrected chi connectivity index (χ2v) is 6.26. The molecule has 3 N–H and O–H groups in total. The fraction of sp³-hybridized carbons (Fsp3) is 0.235. The van der Waals surface area contributed by atoms with Gasteiger partial charge in [-0.05, 0) is 30.3 Å². The van der Waals surface area contributed by atoms with E-state index in [4.69, 9.17) is 0 Å². The molecule has 0 saturated carbocycles. The summed E-state index contributed by atoms with van der Waals surface area (Å²) < 4.78 is 13.7. The number of halogens is 1. The first kappa shape index (κ1) is 17.4. The Morgan fingerprint density at radius 1 is 1.25 bits per heavy atom. The molecule has 0 radical (unpaired) electrons. The molecular weight excluding hydrogens is 311 g/mol. The number of benzene rings is 1. The lowest BCUT2D eigenvalue weighted by molar-refractivity contribution is -0.111. The molecule has 7 heteroatoms. The molecule has 0 unspecified atom stereocenters. The molecule has 1 aromatic carbocycles. The van der Waals surface area contributed by atoms with E-state index >= 15 is 0 Å². The van der Waals surface area contributed by atoms with E-state index in [1.807, 2.05) is 20.8 Å². The number of amides is 2. The Morgan fingerprint density at radius 2 is 1.96 bits per heavy atom. The molecule has 24 heavy (non-hydrogen) atoms. The van der Waals surface area contributed by atoms with Gasteiger partial charge in [0.15, 0.2) is 5.69 Å². The van der Waals surface area contributed by atoms with Crippen LogP contribution in [-0.2, 0) is 10.2 Å². The Morgan fingerprint density at radius 3 is 2.54 bits per heavy atom. The van der Waals surface area contributed by atoms with Crippen molar-refractivity contribution in [2.24, 2.45) is 0 Å². The van der Waals surface area contributed by atoms with Crippen LogP contribution < -0.4 is 10.6 Å². The molecule has 126 valence electrons. The second-order valence-electron chi connectivity index (χ2n) is 6.26. The molecule has 1 heterocycles. The van der Waals surface area contributed by atoms with Crippen LogP contribution in [0.25, 0.3) is 0 Å². The van der Waals surface area contributed by atoms with Gasteiger partial charge in [0.1, 0.15) is 5.82 Å². The fourth-order valence-electron chi connectivity index (χ4n) is 1.90. The van der Waals surface area contributed by atoms with Crippen molar-refractivity contribution in [1.82, 2.24) is 10.2 Å². The number of H-pyrrole nitrogens is 1. The maximum Gasteiger partial charge on any atom is 0.276 e. The monoisotopic (exact) mass is 330 g/mol. The van der Waals surface area contributed by atoms with Crippen LogP contribution in [0.15, 0.2) is 36.9 Å². The number of anilines is 2. The van der Waals surface area contributed by atoms with Crippen molar-refractivity contribution in [2.45, 2.75) is 26.2 Å². The summed E-state index contributed by atoms with van der Waals surface area (Å²) in [7, 11) is 0. The highest BCUT2D eigenvalue weighted by atomic mass is 19.1. The van der Waals surface area contributed by atoms with Gasteiger partial charge in [0, 0.05) is 16.8 Å². The van der Waals surface area contributed by atoms with Crippen molar-refractivity contribution in [3.05, 3.63) is 54.1 Å². The smallest absolute Gasteiger partial charge is 0.276 e. The number of hydrogen-bond acceptors (Lipinski definition) is 3. The van der Waals surface area contributed by atoms with Gasteiger partial charge in [0.05, 0.1) is 5.69 Å². The van der Waals surface area contributed by atoms with E-state index in [1.54, 1.807) is 6.07 Å². The molecule has 0 aliphatic carbocycles. The first-order valence-electron chi connectivity index (χ1n) is 7.31. The Labute approximate surface area is 139 Å². The molecule has 2 aromatic rings. The van der Waals surface area contributed by atoms with Crippen molar-refractivity contribution in [2.75, 3.05) is 10.6 Å². The van der Waals surface area contributed by atoms with Gasteiger partial charge < -0.3 is 10.6 Å². The highest BCUT2D eigenvalue weighted by Gasteiger charge is 2.19. The van der Waals surface area contributed by atoms with Gasteiger partial charge in [-0.25, -0.2) is 4.39 Å². The van der Waals surface area contributed by atoms with Crippen LogP contribution in [-0.4, -0.2) is 22.0 Å². The number of nitrogens with one attached hydrogen (secondary N) is 3. The Kier molecular flexibility index (Phi) is 4.82. The molecule has 0 saturated heterocycles. The number of nitrogens with zero attached hydrogens (tertiary/aromatic N) is 1. The molecule has 2 rings (SSSR count). The minimum atomic E-state index is -0.613. The third-order valence-corrected chi connectivity index (χ3v) is 3.29. The molecule has 0 fully saturated rings. The maximum absolute atomic E-state index is 13.7. The summed E-state index contributed by atoms with van der Waals surface area (Å²) >= 11 is 0. The summed E-state index contributed by atoms with van der Waals surface area (Å²) in [6.07, 6.45) is 1.03. The molecule has 0 atom stereocenters. The molecule has 0 spiro atoms. The lowest BCUT2D eigenvalue weighted by Gasteiger charge is -2.14. The lowest BCUT2D eigenvalue weighted by Crippen LogP contribution is -2.14. The number of rotatable bonds is 4. The predicted octanol–water partition coefficient (Wildman–Crippen LogP) is 3.22. The van der Waals surface area contributed by atoms with E-state index in [2.05, 4.69) is 27.4 Å². The van der Waals surface area contributed by atoms with Gasteiger partial charge in [-0.2, -0.15) is 5.10 Å². The van der Waals surface area contributed by atoms with E-state index in [-0.39, 0.29) is 16.8 Å². The van der Waals surface area contributed by atoms with Gasteiger partial charge in [0.2, 0.25) is 5.91 Å². The average molecular weight is 330 g/mol. The standard InChI is InChI=1S/C17H19FN4O2/c1-5-15(23)20-12-8-10(6-7-11(12)18)19-16(24)13-9-14(22-21-13)17(2,3)4/h5-9H,1H2,2-4H3,(H,19,24)(H,20,23)(H,21,22). The second kappa shape index (κ2) is 6.66. The molecule has 0 aliphatic heterocycles. The third kappa shape index (κ3) is 4.07. The summed E-state index contributed by atoms with van der Waals surface area (Å²) in [5.41, 5.74) is 1.17. The topological polar surface area (TPSA) is 86.9 Å². The lowest BCUT2D eigenvalue weighted by atomic mass is 9.92. The van der Waals surface area contributed by atoms with Crippen molar-refractivity contribution in [1.29, 1.82) is 0 Å². The minimum Gasteiger partial charge on any atom is -0.321 e. The Hall–Kier alpha value is -2.96. The van der Waals surface area contributed by atoms with Crippen molar-refractivity contribution < 1.29 is 14.0 Å².